The molecule has 1 aliphatic heterocycles. The van der Waals surface area contributed by atoms with Crippen LogP contribution in [0.1, 0.15) is 36.3 Å². The average molecular weight is 625 g/mol. The van der Waals surface area contributed by atoms with Crippen LogP contribution < -0.4 is 10.9 Å². The number of benzene rings is 2. The van der Waals surface area contributed by atoms with Crippen molar-refractivity contribution in [2.75, 3.05) is 5.32 Å². The Bertz CT molecular complexity index is 1270. The zero-order valence-electron chi connectivity index (χ0n) is 15.7. The number of phenols is 1. The number of carbonyl (C=O) groups is 1. The first-order valence-corrected chi connectivity index (χ1v) is 11.7. The zero-order valence-corrected chi connectivity index (χ0v) is 20.0. The maximum absolute atomic E-state index is 13.5. The van der Waals surface area contributed by atoms with Gasteiger partial charge in [-0.1, -0.05) is 18.2 Å². The molecule has 5 rings (SSSR count). The summed E-state index contributed by atoms with van der Waals surface area (Å²) in [5.74, 6) is 0.113. The van der Waals surface area contributed by atoms with Crippen LogP contribution >= 0.6 is 45.2 Å². The van der Waals surface area contributed by atoms with Gasteiger partial charge in [-0.2, -0.15) is 0 Å². The molecule has 3 aromatic rings. The lowest BCUT2D eigenvalue weighted by Crippen LogP contribution is -2.30. The van der Waals surface area contributed by atoms with Gasteiger partial charge in [0.25, 0.3) is 5.56 Å². The Kier molecular flexibility index (Phi) is 5.00. The fraction of sp³-hybridized carbons (Fsp3) is 0.182. The van der Waals surface area contributed by atoms with E-state index >= 15 is 0 Å². The van der Waals surface area contributed by atoms with Gasteiger partial charge in [-0.25, -0.2) is 4.68 Å². The Balaban J connectivity index is 1.80. The molecule has 0 spiro atoms. The lowest BCUT2D eigenvalue weighted by atomic mass is 9.76. The van der Waals surface area contributed by atoms with Gasteiger partial charge >= 0.3 is 0 Å². The minimum atomic E-state index is -0.610. The largest absolute Gasteiger partial charge is 0.507 e. The summed E-state index contributed by atoms with van der Waals surface area (Å²) in [4.78, 5) is 26.5. The standard InChI is InChI=1S/C22H17I2N3O3/c23-11-9-13(20(29)14(24)10-11)17-18-15(7-4-8-16(18)28)25-21-19(17)22(30)27(26-21)12-5-2-1-3-6-12/h1-3,5-6,9-10,17,25-26,29H,4,7-8H2/t17-/m1/s1. The first-order valence-electron chi connectivity index (χ1n) is 9.57. The SMILES string of the molecule is O=C1CCCC2=C1[C@@H](c1cc(I)cc(I)c1O)c1c([nH]n(-c3ccccc3)c1=O)N2. The molecule has 0 bridgehead atoms. The number of rotatable bonds is 2. The summed E-state index contributed by atoms with van der Waals surface area (Å²) in [6.45, 7) is 0. The molecular weight excluding hydrogens is 608 g/mol. The van der Waals surface area contributed by atoms with Gasteiger partial charge in [0, 0.05) is 26.8 Å². The topological polar surface area (TPSA) is 87.1 Å². The van der Waals surface area contributed by atoms with E-state index in [9.17, 15) is 14.7 Å². The van der Waals surface area contributed by atoms with Crippen LogP contribution in [0.3, 0.4) is 0 Å². The number of H-pyrrole nitrogens is 1. The number of ketones is 1. The fourth-order valence-electron chi connectivity index (χ4n) is 4.31. The van der Waals surface area contributed by atoms with Gasteiger partial charge in [0.15, 0.2) is 5.78 Å². The third-order valence-corrected chi connectivity index (χ3v) is 7.06. The van der Waals surface area contributed by atoms with Gasteiger partial charge in [-0.3, -0.25) is 14.7 Å². The number of allylic oxidation sites excluding steroid dienone is 2. The second kappa shape index (κ2) is 7.56. The number of hydrogen-bond acceptors (Lipinski definition) is 4. The summed E-state index contributed by atoms with van der Waals surface area (Å²) in [5, 5.41) is 17.4. The van der Waals surface area contributed by atoms with Crippen LogP contribution in [-0.4, -0.2) is 20.7 Å². The minimum absolute atomic E-state index is 0.0273. The second-order valence-corrected chi connectivity index (χ2v) is 9.84. The van der Waals surface area contributed by atoms with E-state index in [0.717, 1.165) is 22.1 Å². The lowest BCUT2D eigenvalue weighted by molar-refractivity contribution is -0.116. The number of halogens is 2. The first kappa shape index (κ1) is 19.9. The van der Waals surface area contributed by atoms with Crippen molar-refractivity contribution >= 4 is 56.8 Å². The maximum Gasteiger partial charge on any atom is 0.277 e. The molecule has 1 atom stereocenters. The van der Waals surface area contributed by atoms with E-state index < -0.39 is 5.92 Å². The molecule has 30 heavy (non-hydrogen) atoms. The second-order valence-electron chi connectivity index (χ2n) is 7.43. The molecule has 3 N–H and O–H groups in total. The number of aromatic nitrogens is 2. The Morgan fingerprint density at radius 3 is 2.60 bits per heavy atom. The number of fused-ring (bicyclic) bond motifs is 1. The number of aromatic hydroxyl groups is 1. The lowest BCUT2D eigenvalue weighted by Gasteiger charge is -2.31. The van der Waals surface area contributed by atoms with Crippen molar-refractivity contribution in [2.45, 2.75) is 25.2 Å². The Morgan fingerprint density at radius 2 is 1.83 bits per heavy atom. The van der Waals surface area contributed by atoms with Gasteiger partial charge in [0.2, 0.25) is 0 Å². The highest BCUT2D eigenvalue weighted by molar-refractivity contribution is 14.1. The smallest absolute Gasteiger partial charge is 0.277 e. The summed E-state index contributed by atoms with van der Waals surface area (Å²) in [6.07, 6.45) is 1.95. The Hall–Kier alpha value is -2.08. The van der Waals surface area contributed by atoms with Crippen LogP contribution in [0.2, 0.25) is 0 Å². The van der Waals surface area contributed by atoms with Crippen molar-refractivity contribution in [3.63, 3.8) is 0 Å². The highest BCUT2D eigenvalue weighted by Gasteiger charge is 2.40. The quantitative estimate of drug-likeness (QED) is 0.363. The summed E-state index contributed by atoms with van der Waals surface area (Å²) in [7, 11) is 0. The third-order valence-electron chi connectivity index (χ3n) is 5.62. The van der Waals surface area contributed by atoms with Crippen molar-refractivity contribution in [1.29, 1.82) is 0 Å². The van der Waals surface area contributed by atoms with Crippen LogP contribution in [-0.2, 0) is 4.79 Å². The van der Waals surface area contributed by atoms with Crippen molar-refractivity contribution in [2.24, 2.45) is 0 Å². The van der Waals surface area contributed by atoms with E-state index in [0.29, 0.717) is 38.2 Å². The number of hydrogen-bond donors (Lipinski definition) is 3. The molecule has 2 heterocycles. The van der Waals surface area contributed by atoms with E-state index in [4.69, 9.17) is 0 Å². The zero-order chi connectivity index (χ0) is 21.0. The van der Waals surface area contributed by atoms with E-state index in [-0.39, 0.29) is 17.1 Å². The monoisotopic (exact) mass is 625 g/mol. The number of aromatic amines is 1. The number of nitrogens with zero attached hydrogens (tertiary/aromatic N) is 1. The number of Topliss-reactive ketones (excluding diaryl/α,β-unsaturated/α-hetero) is 1. The molecule has 0 amide bonds. The van der Waals surface area contributed by atoms with Crippen LogP contribution in [0.4, 0.5) is 5.82 Å². The molecule has 1 aliphatic carbocycles. The molecular formula is C22H17I2N3O3. The summed E-state index contributed by atoms with van der Waals surface area (Å²) in [5.41, 5.74) is 2.96. The summed E-state index contributed by atoms with van der Waals surface area (Å²) >= 11 is 4.28. The van der Waals surface area contributed by atoms with Crippen molar-refractivity contribution < 1.29 is 9.90 Å². The Morgan fingerprint density at radius 1 is 1.07 bits per heavy atom. The molecule has 0 fully saturated rings. The van der Waals surface area contributed by atoms with Crippen molar-refractivity contribution in [1.82, 2.24) is 9.78 Å². The van der Waals surface area contributed by atoms with Gasteiger partial charge in [0.05, 0.1) is 20.7 Å². The highest BCUT2D eigenvalue weighted by atomic mass is 127. The number of carbonyl (C=O) groups excluding carboxylic acids is 1. The van der Waals surface area contributed by atoms with Crippen LogP contribution in [0.15, 0.2) is 58.5 Å². The number of anilines is 1. The van der Waals surface area contributed by atoms with Gasteiger partial charge in [-0.15, -0.1) is 0 Å². The normalized spacial score (nSPS) is 18.1. The molecule has 2 aliphatic rings. The minimum Gasteiger partial charge on any atom is -0.507 e. The third kappa shape index (κ3) is 3.11. The molecule has 6 nitrogen and oxygen atoms in total. The predicted octanol–water partition coefficient (Wildman–Crippen LogP) is 4.64. The van der Waals surface area contributed by atoms with Crippen LogP contribution in [0, 0.1) is 7.14 Å². The molecule has 0 radical (unpaired) electrons. The highest BCUT2D eigenvalue weighted by Crippen LogP contribution is 2.47. The van der Waals surface area contributed by atoms with Gasteiger partial charge < -0.3 is 10.4 Å². The van der Waals surface area contributed by atoms with Crippen LogP contribution in [0.25, 0.3) is 5.69 Å². The van der Waals surface area contributed by atoms with Crippen molar-refractivity contribution in [3.05, 3.63) is 82.4 Å². The average Bonchev–Trinajstić information content (AvgIpc) is 3.06. The number of para-hydroxylation sites is 1. The van der Waals surface area contributed by atoms with Gasteiger partial charge in [-0.05, 0) is 82.3 Å². The molecule has 0 unspecified atom stereocenters. The molecule has 0 saturated carbocycles. The first-order chi connectivity index (χ1) is 14.5. The Labute approximate surface area is 199 Å². The molecule has 0 saturated heterocycles. The molecule has 8 heteroatoms. The molecule has 2 aromatic carbocycles. The summed E-state index contributed by atoms with van der Waals surface area (Å²) in [6, 6.07) is 13.1. The number of phenolic OH excluding ortho intramolecular Hbond substituents is 1. The fourth-order valence-corrected chi connectivity index (χ4v) is 6.20. The molecule has 1 aromatic heterocycles. The van der Waals surface area contributed by atoms with E-state index in [1.807, 2.05) is 42.5 Å². The van der Waals surface area contributed by atoms with Crippen LogP contribution in [0.5, 0.6) is 5.75 Å². The number of nitrogens with one attached hydrogen (secondary N) is 2. The summed E-state index contributed by atoms with van der Waals surface area (Å²) < 4.78 is 3.12. The molecule has 152 valence electrons. The van der Waals surface area contributed by atoms with E-state index in [2.05, 4.69) is 55.6 Å². The van der Waals surface area contributed by atoms with E-state index in [1.54, 1.807) is 0 Å². The van der Waals surface area contributed by atoms with Crippen molar-refractivity contribution in [3.8, 4) is 11.4 Å². The predicted molar refractivity (Wildman–Crippen MR) is 131 cm³/mol. The maximum atomic E-state index is 13.5. The van der Waals surface area contributed by atoms with Gasteiger partial charge in [0.1, 0.15) is 11.6 Å². The van der Waals surface area contributed by atoms with E-state index in [1.165, 1.54) is 4.68 Å².